The quantitative estimate of drug-likeness (QED) is 0.766. The highest BCUT2D eigenvalue weighted by Crippen LogP contribution is 2.39. The van der Waals surface area contributed by atoms with E-state index in [1.165, 1.54) is 44.1 Å². The molecule has 0 aromatic heterocycles. The van der Waals surface area contributed by atoms with Crippen LogP contribution in [0.25, 0.3) is 0 Å². The molecule has 0 spiro atoms. The fraction of sp³-hybridized carbons (Fsp3) is 0.684. The van der Waals surface area contributed by atoms with E-state index in [4.69, 9.17) is 0 Å². The maximum atomic E-state index is 3.79. The molecule has 1 aromatic rings. The predicted molar refractivity (Wildman–Crippen MR) is 88.3 cm³/mol. The maximum Gasteiger partial charge on any atom is 0.00968 e. The van der Waals surface area contributed by atoms with Crippen molar-refractivity contribution in [1.29, 1.82) is 0 Å². The second-order valence-corrected chi connectivity index (χ2v) is 7.61. The Bertz CT molecular complexity index is 420. The molecule has 0 heterocycles. The summed E-state index contributed by atoms with van der Waals surface area (Å²) in [4.78, 5) is 0. The molecule has 1 heteroatoms. The molecular weight excluding hydrogens is 242 g/mol. The van der Waals surface area contributed by atoms with Crippen molar-refractivity contribution in [1.82, 2.24) is 5.32 Å². The fourth-order valence-electron chi connectivity index (χ4n) is 3.55. The van der Waals surface area contributed by atoms with Crippen molar-refractivity contribution in [2.24, 2.45) is 0 Å². The number of benzene rings is 1. The molecule has 20 heavy (non-hydrogen) atoms. The van der Waals surface area contributed by atoms with Crippen molar-refractivity contribution >= 4 is 0 Å². The molecule has 112 valence electrons. The summed E-state index contributed by atoms with van der Waals surface area (Å²) in [5, 5.41) is 3.79. The number of hydrogen-bond acceptors (Lipinski definition) is 1. The van der Waals surface area contributed by atoms with Gasteiger partial charge in [-0.1, -0.05) is 49.9 Å². The van der Waals surface area contributed by atoms with Gasteiger partial charge >= 0.3 is 0 Å². The largest absolute Gasteiger partial charge is 0.311 e. The van der Waals surface area contributed by atoms with Crippen molar-refractivity contribution in [3.05, 3.63) is 35.4 Å². The summed E-state index contributed by atoms with van der Waals surface area (Å²) in [6.45, 7) is 10.2. The Balaban J connectivity index is 2.30. The number of hydrogen-bond donors (Lipinski definition) is 1. The third-order valence-electron chi connectivity index (χ3n) is 4.73. The molecule has 2 rings (SSSR count). The molecule has 0 unspecified atom stereocenters. The van der Waals surface area contributed by atoms with Crippen LogP contribution < -0.4 is 5.32 Å². The van der Waals surface area contributed by atoms with Gasteiger partial charge in [0.2, 0.25) is 0 Å². The third-order valence-corrected chi connectivity index (χ3v) is 4.73. The third kappa shape index (κ3) is 3.85. The topological polar surface area (TPSA) is 12.0 Å². The average Bonchev–Trinajstić information content (AvgIpc) is 2.63. The first kappa shape index (κ1) is 15.6. The summed E-state index contributed by atoms with van der Waals surface area (Å²) in [5.41, 5.74) is 3.58. The Morgan fingerprint density at radius 2 is 1.60 bits per heavy atom. The van der Waals surface area contributed by atoms with Gasteiger partial charge in [-0.2, -0.15) is 0 Å². The van der Waals surface area contributed by atoms with E-state index in [0.29, 0.717) is 5.41 Å². The molecule has 0 atom stereocenters. The van der Waals surface area contributed by atoms with Crippen LogP contribution in [0.1, 0.15) is 70.4 Å². The van der Waals surface area contributed by atoms with Crippen LogP contribution in [0.3, 0.4) is 0 Å². The lowest BCUT2D eigenvalue weighted by atomic mass is 9.72. The summed E-state index contributed by atoms with van der Waals surface area (Å²) in [7, 11) is 0. The van der Waals surface area contributed by atoms with Crippen LogP contribution in [0.15, 0.2) is 24.3 Å². The van der Waals surface area contributed by atoms with Gasteiger partial charge in [0.25, 0.3) is 0 Å². The van der Waals surface area contributed by atoms with Crippen LogP contribution in [-0.2, 0) is 5.41 Å². The SMILES string of the molecule is Cc1ccccc1C1(CNC(C)(C)C)CCCCCC1. The van der Waals surface area contributed by atoms with Crippen LogP contribution in [0.5, 0.6) is 0 Å². The van der Waals surface area contributed by atoms with Gasteiger partial charge < -0.3 is 5.32 Å². The smallest absolute Gasteiger partial charge is 0.00968 e. The van der Waals surface area contributed by atoms with E-state index in [9.17, 15) is 0 Å². The first-order valence-electron chi connectivity index (χ1n) is 8.24. The lowest BCUT2D eigenvalue weighted by Gasteiger charge is -2.38. The van der Waals surface area contributed by atoms with Crippen LogP contribution in [0.2, 0.25) is 0 Å². The van der Waals surface area contributed by atoms with Gasteiger partial charge in [-0.05, 0) is 51.7 Å². The summed E-state index contributed by atoms with van der Waals surface area (Å²) >= 11 is 0. The van der Waals surface area contributed by atoms with E-state index in [0.717, 1.165) is 6.54 Å². The number of rotatable bonds is 3. The van der Waals surface area contributed by atoms with Crippen LogP contribution >= 0.6 is 0 Å². The van der Waals surface area contributed by atoms with Crippen molar-refractivity contribution in [3.63, 3.8) is 0 Å². The molecule has 1 aliphatic rings. The Hall–Kier alpha value is -0.820. The predicted octanol–water partition coefficient (Wildman–Crippen LogP) is 4.98. The van der Waals surface area contributed by atoms with E-state index in [2.05, 4.69) is 57.3 Å². The normalized spacial score (nSPS) is 19.6. The van der Waals surface area contributed by atoms with Gasteiger partial charge in [0.1, 0.15) is 0 Å². The number of nitrogens with one attached hydrogen (secondary N) is 1. The van der Waals surface area contributed by atoms with Crippen LogP contribution in [0.4, 0.5) is 0 Å². The molecule has 0 aliphatic heterocycles. The zero-order valence-corrected chi connectivity index (χ0v) is 13.8. The summed E-state index contributed by atoms with van der Waals surface area (Å²) in [6.07, 6.45) is 8.23. The fourth-order valence-corrected chi connectivity index (χ4v) is 3.55. The molecular formula is C19H31N. The second kappa shape index (κ2) is 6.30. The van der Waals surface area contributed by atoms with Gasteiger partial charge in [0.15, 0.2) is 0 Å². The Labute approximate surface area is 125 Å². The summed E-state index contributed by atoms with van der Waals surface area (Å²) in [5.74, 6) is 0. The minimum absolute atomic E-state index is 0.196. The monoisotopic (exact) mass is 273 g/mol. The van der Waals surface area contributed by atoms with Crippen molar-refractivity contribution in [2.75, 3.05) is 6.54 Å². The van der Waals surface area contributed by atoms with Crippen molar-refractivity contribution in [2.45, 2.75) is 77.2 Å². The van der Waals surface area contributed by atoms with Crippen molar-refractivity contribution in [3.8, 4) is 0 Å². The molecule has 0 bridgehead atoms. The molecule has 1 nitrogen and oxygen atoms in total. The Kier molecular flexibility index (Phi) is 4.90. The molecule has 0 saturated heterocycles. The molecule has 1 aliphatic carbocycles. The molecule has 1 N–H and O–H groups in total. The van der Waals surface area contributed by atoms with Gasteiger partial charge in [0.05, 0.1) is 0 Å². The van der Waals surface area contributed by atoms with E-state index in [1.54, 1.807) is 5.56 Å². The molecule has 0 amide bonds. The van der Waals surface area contributed by atoms with E-state index < -0.39 is 0 Å². The van der Waals surface area contributed by atoms with Crippen LogP contribution in [-0.4, -0.2) is 12.1 Å². The summed E-state index contributed by atoms with van der Waals surface area (Å²) < 4.78 is 0. The van der Waals surface area contributed by atoms with Gasteiger partial charge in [-0.3, -0.25) is 0 Å². The molecule has 1 fully saturated rings. The van der Waals surface area contributed by atoms with E-state index in [1.807, 2.05) is 0 Å². The van der Waals surface area contributed by atoms with Gasteiger partial charge in [-0.25, -0.2) is 0 Å². The average molecular weight is 273 g/mol. The lowest BCUT2D eigenvalue weighted by molar-refractivity contribution is 0.299. The van der Waals surface area contributed by atoms with Crippen LogP contribution in [0, 0.1) is 6.92 Å². The zero-order chi connectivity index (χ0) is 14.6. The highest BCUT2D eigenvalue weighted by Gasteiger charge is 2.34. The maximum absolute atomic E-state index is 3.79. The molecule has 1 aromatic carbocycles. The minimum Gasteiger partial charge on any atom is -0.311 e. The molecule has 0 radical (unpaired) electrons. The standard InChI is InChI=1S/C19H31N/c1-16-11-7-8-12-17(16)19(15-20-18(2,3)4)13-9-5-6-10-14-19/h7-8,11-12,20H,5-6,9-10,13-15H2,1-4H3. The second-order valence-electron chi connectivity index (χ2n) is 7.61. The molecule has 1 saturated carbocycles. The van der Waals surface area contributed by atoms with Gasteiger partial charge in [-0.15, -0.1) is 0 Å². The van der Waals surface area contributed by atoms with E-state index >= 15 is 0 Å². The highest BCUT2D eigenvalue weighted by atomic mass is 15.0. The summed E-state index contributed by atoms with van der Waals surface area (Å²) in [6, 6.07) is 9.02. The van der Waals surface area contributed by atoms with Gasteiger partial charge in [0, 0.05) is 17.5 Å². The van der Waals surface area contributed by atoms with E-state index in [-0.39, 0.29) is 5.54 Å². The first-order valence-corrected chi connectivity index (χ1v) is 8.24. The zero-order valence-electron chi connectivity index (χ0n) is 13.8. The highest BCUT2D eigenvalue weighted by molar-refractivity contribution is 5.34. The Morgan fingerprint density at radius 1 is 1.00 bits per heavy atom. The van der Waals surface area contributed by atoms with Crippen molar-refractivity contribution < 1.29 is 0 Å². The number of aryl methyl sites for hydroxylation is 1. The first-order chi connectivity index (χ1) is 9.43. The lowest BCUT2D eigenvalue weighted by Crippen LogP contribution is -2.46. The minimum atomic E-state index is 0.196. The Morgan fingerprint density at radius 3 is 2.15 bits per heavy atom.